The van der Waals surface area contributed by atoms with Gasteiger partial charge in [0.05, 0.1) is 11.0 Å². The summed E-state index contributed by atoms with van der Waals surface area (Å²) in [5.41, 5.74) is -0.788. The lowest BCUT2D eigenvalue weighted by atomic mass is 10.1. The molecule has 0 heterocycles. The number of hydrogen-bond acceptors (Lipinski definition) is 6. The maximum atomic E-state index is 12.8. The Labute approximate surface area is 141 Å². The molecule has 8 nitrogen and oxygen atoms in total. The van der Waals surface area contributed by atoms with Gasteiger partial charge >= 0.3 is 0 Å². The lowest BCUT2D eigenvalue weighted by molar-refractivity contribution is -0.385. The largest absolute Gasteiger partial charge is 0.508 e. The molecule has 1 atom stereocenters. The van der Waals surface area contributed by atoms with E-state index in [-0.39, 0.29) is 24.5 Å². The first-order chi connectivity index (χ1) is 11.9. The average molecular weight is 350 g/mol. The van der Waals surface area contributed by atoms with E-state index in [9.17, 15) is 29.5 Å². The number of nitrogens with one attached hydrogen (secondary N) is 1. The van der Waals surface area contributed by atoms with Crippen LogP contribution in [-0.4, -0.2) is 40.3 Å². The number of benzene rings is 2. The van der Waals surface area contributed by atoms with Crippen molar-refractivity contribution in [3.8, 4) is 11.5 Å². The second-order valence-electron chi connectivity index (χ2n) is 5.09. The predicted octanol–water partition coefficient (Wildman–Crippen LogP) is 1.61. The number of carbonyl (C=O) groups is 1. The molecule has 1 amide bonds. The lowest BCUT2D eigenvalue weighted by Crippen LogP contribution is -2.35. The molecule has 0 aliphatic rings. The highest BCUT2D eigenvalue weighted by Gasteiger charge is 2.21. The van der Waals surface area contributed by atoms with Gasteiger partial charge in [-0.15, -0.1) is 0 Å². The highest BCUT2D eigenvalue weighted by Crippen LogP contribution is 2.23. The molecule has 0 aliphatic carbocycles. The summed E-state index contributed by atoms with van der Waals surface area (Å²) < 4.78 is 18.0. The molecule has 2 rings (SSSR count). The van der Waals surface area contributed by atoms with Crippen LogP contribution in [0, 0.1) is 15.9 Å². The SMILES string of the molecule is O=C(NCC(O)COc1ccc(F)cc1)c1ccc(O)cc1[N+](=O)[O-]. The minimum Gasteiger partial charge on any atom is -0.508 e. The van der Waals surface area contributed by atoms with Crippen molar-refractivity contribution in [3.63, 3.8) is 0 Å². The fraction of sp³-hybridized carbons (Fsp3) is 0.188. The molecule has 0 fully saturated rings. The summed E-state index contributed by atoms with van der Waals surface area (Å²) in [5, 5.41) is 32.3. The van der Waals surface area contributed by atoms with Crippen LogP contribution in [0.4, 0.5) is 10.1 Å². The van der Waals surface area contributed by atoms with Gasteiger partial charge in [-0.1, -0.05) is 0 Å². The number of phenols is 1. The van der Waals surface area contributed by atoms with E-state index >= 15 is 0 Å². The molecule has 0 saturated heterocycles. The summed E-state index contributed by atoms with van der Waals surface area (Å²) in [7, 11) is 0. The summed E-state index contributed by atoms with van der Waals surface area (Å²) in [6.07, 6.45) is -1.08. The van der Waals surface area contributed by atoms with Gasteiger partial charge in [-0.05, 0) is 36.4 Å². The van der Waals surface area contributed by atoms with Crippen molar-refractivity contribution in [2.24, 2.45) is 0 Å². The monoisotopic (exact) mass is 350 g/mol. The molecule has 9 heteroatoms. The number of amides is 1. The number of halogens is 1. The minimum absolute atomic E-state index is 0.163. The number of rotatable bonds is 7. The Bertz CT molecular complexity index is 766. The molecule has 0 spiro atoms. The molecule has 25 heavy (non-hydrogen) atoms. The number of nitrogens with zero attached hydrogens (tertiary/aromatic N) is 1. The highest BCUT2D eigenvalue weighted by atomic mass is 19.1. The number of aromatic hydroxyl groups is 1. The maximum absolute atomic E-state index is 12.8. The van der Waals surface area contributed by atoms with Crippen molar-refractivity contribution < 1.29 is 29.1 Å². The van der Waals surface area contributed by atoms with Crippen LogP contribution in [0.5, 0.6) is 11.5 Å². The Morgan fingerprint density at radius 2 is 1.96 bits per heavy atom. The maximum Gasteiger partial charge on any atom is 0.285 e. The zero-order valence-corrected chi connectivity index (χ0v) is 12.9. The zero-order chi connectivity index (χ0) is 18.4. The number of aliphatic hydroxyl groups excluding tert-OH is 1. The number of nitro groups is 1. The molecule has 0 radical (unpaired) electrons. The number of carbonyl (C=O) groups excluding carboxylic acids is 1. The van der Waals surface area contributed by atoms with Crippen LogP contribution >= 0.6 is 0 Å². The number of ether oxygens (including phenoxy) is 1. The van der Waals surface area contributed by atoms with E-state index in [1.807, 2.05) is 0 Å². The van der Waals surface area contributed by atoms with E-state index in [1.165, 1.54) is 24.3 Å². The molecule has 3 N–H and O–H groups in total. The Morgan fingerprint density at radius 1 is 1.28 bits per heavy atom. The Morgan fingerprint density at radius 3 is 2.60 bits per heavy atom. The first kappa shape index (κ1) is 18.1. The fourth-order valence-electron chi connectivity index (χ4n) is 1.95. The van der Waals surface area contributed by atoms with E-state index in [0.29, 0.717) is 5.75 Å². The average Bonchev–Trinajstić information content (AvgIpc) is 2.59. The van der Waals surface area contributed by atoms with Crippen molar-refractivity contribution in [1.82, 2.24) is 5.32 Å². The summed E-state index contributed by atoms with van der Waals surface area (Å²) in [4.78, 5) is 22.1. The van der Waals surface area contributed by atoms with Crippen molar-refractivity contribution in [2.45, 2.75) is 6.10 Å². The number of hydrogen-bond donors (Lipinski definition) is 3. The highest BCUT2D eigenvalue weighted by molar-refractivity contribution is 5.98. The number of aliphatic hydroxyl groups is 1. The number of nitro benzene ring substituents is 1. The van der Waals surface area contributed by atoms with Crippen LogP contribution in [0.25, 0.3) is 0 Å². The molecular weight excluding hydrogens is 335 g/mol. The Kier molecular flexibility index (Phi) is 5.85. The van der Waals surface area contributed by atoms with E-state index < -0.39 is 28.4 Å². The first-order valence-electron chi connectivity index (χ1n) is 7.19. The topological polar surface area (TPSA) is 122 Å². The summed E-state index contributed by atoms with van der Waals surface area (Å²) >= 11 is 0. The Hall–Kier alpha value is -3.20. The molecule has 2 aromatic rings. The smallest absolute Gasteiger partial charge is 0.285 e. The summed E-state index contributed by atoms with van der Waals surface area (Å²) in [5.74, 6) is -1.18. The van der Waals surface area contributed by atoms with Gasteiger partial charge in [-0.25, -0.2) is 4.39 Å². The third-order valence-electron chi connectivity index (χ3n) is 3.18. The van der Waals surface area contributed by atoms with Gasteiger partial charge in [0.25, 0.3) is 11.6 Å². The molecule has 0 aliphatic heterocycles. The quantitative estimate of drug-likeness (QED) is 0.515. The van der Waals surface area contributed by atoms with E-state index in [2.05, 4.69) is 5.32 Å². The molecule has 2 aromatic carbocycles. The van der Waals surface area contributed by atoms with Gasteiger partial charge in [0, 0.05) is 6.54 Å². The van der Waals surface area contributed by atoms with E-state index in [0.717, 1.165) is 18.2 Å². The molecule has 0 bridgehead atoms. The van der Waals surface area contributed by atoms with Crippen molar-refractivity contribution in [2.75, 3.05) is 13.2 Å². The molecular formula is C16H15FN2O6. The third-order valence-corrected chi connectivity index (χ3v) is 3.18. The van der Waals surface area contributed by atoms with Gasteiger partial charge < -0.3 is 20.3 Å². The zero-order valence-electron chi connectivity index (χ0n) is 12.9. The second kappa shape index (κ2) is 8.06. The van der Waals surface area contributed by atoms with Crippen LogP contribution in [0.2, 0.25) is 0 Å². The van der Waals surface area contributed by atoms with Crippen LogP contribution in [0.1, 0.15) is 10.4 Å². The van der Waals surface area contributed by atoms with Gasteiger partial charge in [-0.3, -0.25) is 14.9 Å². The normalized spacial score (nSPS) is 11.6. The summed E-state index contributed by atoms with van der Waals surface area (Å²) in [6, 6.07) is 8.31. The molecule has 132 valence electrons. The van der Waals surface area contributed by atoms with E-state index in [4.69, 9.17) is 4.74 Å². The van der Waals surface area contributed by atoms with Gasteiger partial charge in [0.2, 0.25) is 0 Å². The van der Waals surface area contributed by atoms with Gasteiger partial charge in [-0.2, -0.15) is 0 Å². The molecule has 0 aromatic heterocycles. The molecule has 0 saturated carbocycles. The van der Waals surface area contributed by atoms with Crippen LogP contribution in [0.3, 0.4) is 0 Å². The minimum atomic E-state index is -1.08. The lowest BCUT2D eigenvalue weighted by Gasteiger charge is -2.13. The second-order valence-corrected chi connectivity index (χ2v) is 5.09. The fourth-order valence-corrected chi connectivity index (χ4v) is 1.95. The first-order valence-corrected chi connectivity index (χ1v) is 7.19. The van der Waals surface area contributed by atoms with Crippen molar-refractivity contribution >= 4 is 11.6 Å². The van der Waals surface area contributed by atoms with Crippen LogP contribution in [0.15, 0.2) is 42.5 Å². The summed E-state index contributed by atoms with van der Waals surface area (Å²) in [6.45, 7) is -0.373. The van der Waals surface area contributed by atoms with E-state index in [1.54, 1.807) is 0 Å². The van der Waals surface area contributed by atoms with Crippen molar-refractivity contribution in [1.29, 1.82) is 0 Å². The van der Waals surface area contributed by atoms with Gasteiger partial charge in [0.15, 0.2) is 0 Å². The number of phenolic OH excluding ortho intramolecular Hbond substituents is 1. The predicted molar refractivity (Wildman–Crippen MR) is 85.0 cm³/mol. The van der Waals surface area contributed by atoms with Crippen LogP contribution in [-0.2, 0) is 0 Å². The standard InChI is InChI=1S/C16H15FN2O6/c17-10-1-4-13(5-2-10)25-9-12(21)8-18-16(22)14-6-3-11(20)7-15(14)19(23)24/h1-7,12,20-21H,8-9H2,(H,18,22). The molecule has 1 unspecified atom stereocenters. The van der Waals surface area contributed by atoms with Gasteiger partial charge in [0.1, 0.15) is 35.6 Å². The Balaban J connectivity index is 1.89. The van der Waals surface area contributed by atoms with Crippen molar-refractivity contribution in [3.05, 3.63) is 64.0 Å². The third kappa shape index (κ3) is 5.15. The van der Waals surface area contributed by atoms with Crippen LogP contribution < -0.4 is 10.1 Å².